The molecule has 0 saturated carbocycles. The molecule has 0 amide bonds. The largest absolute Gasteiger partial charge is 0.388 e. The fourth-order valence-corrected chi connectivity index (χ4v) is 1.33. The lowest BCUT2D eigenvalue weighted by Crippen LogP contribution is -2.51. The van der Waals surface area contributed by atoms with Gasteiger partial charge in [-0.2, -0.15) is 24.7 Å². The second-order valence-corrected chi connectivity index (χ2v) is 5.58. The van der Waals surface area contributed by atoms with Gasteiger partial charge >= 0.3 is 0 Å². The zero-order chi connectivity index (χ0) is 15.7. The predicted molar refractivity (Wildman–Crippen MR) is 76.6 cm³/mol. The second kappa shape index (κ2) is 5.22. The third kappa shape index (κ3) is 3.23. The number of hydrogen-bond acceptors (Lipinski definition) is 9. The van der Waals surface area contributed by atoms with Crippen molar-refractivity contribution in [2.45, 2.75) is 38.8 Å². The molecule has 2 heterocycles. The molecule has 0 aliphatic carbocycles. The van der Waals surface area contributed by atoms with Gasteiger partial charge in [-0.15, -0.1) is 0 Å². The van der Waals surface area contributed by atoms with Crippen LogP contribution in [0.25, 0.3) is 5.95 Å². The Balaban J connectivity index is 2.38. The zero-order valence-electron chi connectivity index (χ0n) is 12.4. The summed E-state index contributed by atoms with van der Waals surface area (Å²) in [5.41, 5.74) is 0.691. The molecule has 21 heavy (non-hydrogen) atoms. The van der Waals surface area contributed by atoms with Crippen LogP contribution in [0.4, 0.5) is 11.9 Å². The van der Waals surface area contributed by atoms with E-state index in [1.807, 2.05) is 13.8 Å². The smallest absolute Gasteiger partial charge is 0.258 e. The van der Waals surface area contributed by atoms with Gasteiger partial charge in [0.05, 0.1) is 11.1 Å². The average molecular weight is 293 g/mol. The van der Waals surface area contributed by atoms with Gasteiger partial charge in [0.1, 0.15) is 12.7 Å². The molecule has 10 heteroatoms. The number of nitrogens with one attached hydrogen (secondary N) is 2. The standard InChI is InChI=1S/C11H19N9O/c1-10(2,11(3,4)21)18-7-15-8(19-12)17-9(16-7)20-6-13-5-14-20/h5-6,21H,12H2,1-4H3,(H2,15,16,17,18,19). The number of nitrogens with two attached hydrogens (primary N) is 1. The lowest BCUT2D eigenvalue weighted by atomic mass is 9.86. The molecule has 114 valence electrons. The lowest BCUT2D eigenvalue weighted by Gasteiger charge is -2.37. The first-order valence-corrected chi connectivity index (χ1v) is 6.31. The third-order valence-corrected chi connectivity index (χ3v) is 3.33. The van der Waals surface area contributed by atoms with E-state index in [4.69, 9.17) is 5.84 Å². The van der Waals surface area contributed by atoms with Gasteiger partial charge in [0.15, 0.2) is 0 Å². The Bertz CT molecular complexity index is 603. The predicted octanol–water partition coefficient (Wildman–Crippen LogP) is -0.301. The summed E-state index contributed by atoms with van der Waals surface area (Å²) >= 11 is 0. The highest BCUT2D eigenvalue weighted by Gasteiger charge is 2.35. The number of aliphatic hydroxyl groups is 1. The van der Waals surface area contributed by atoms with Crippen LogP contribution in [0.1, 0.15) is 27.7 Å². The summed E-state index contributed by atoms with van der Waals surface area (Å²) in [5.74, 6) is 6.05. The van der Waals surface area contributed by atoms with Gasteiger partial charge in [-0.1, -0.05) is 0 Å². The molecule has 0 fully saturated rings. The lowest BCUT2D eigenvalue weighted by molar-refractivity contribution is 0.0237. The van der Waals surface area contributed by atoms with Gasteiger partial charge in [0.2, 0.25) is 11.9 Å². The van der Waals surface area contributed by atoms with Gasteiger partial charge in [-0.05, 0) is 27.7 Å². The van der Waals surface area contributed by atoms with Crippen molar-refractivity contribution in [2.75, 3.05) is 10.7 Å². The van der Waals surface area contributed by atoms with E-state index in [0.717, 1.165) is 0 Å². The molecular weight excluding hydrogens is 274 g/mol. The van der Waals surface area contributed by atoms with Crippen LogP contribution < -0.4 is 16.6 Å². The highest BCUT2D eigenvalue weighted by atomic mass is 16.3. The van der Waals surface area contributed by atoms with Crippen LogP contribution in [0.15, 0.2) is 12.7 Å². The molecule has 0 aliphatic heterocycles. The summed E-state index contributed by atoms with van der Waals surface area (Å²) in [6.45, 7) is 7.06. The Hall–Kier alpha value is -2.33. The monoisotopic (exact) mass is 293 g/mol. The number of aromatic nitrogens is 6. The summed E-state index contributed by atoms with van der Waals surface area (Å²) < 4.78 is 1.38. The van der Waals surface area contributed by atoms with E-state index in [9.17, 15) is 5.11 Å². The van der Waals surface area contributed by atoms with Gasteiger partial charge in [0, 0.05) is 0 Å². The SMILES string of the molecule is CC(C)(O)C(C)(C)Nc1nc(NN)nc(-n2cncn2)n1. The molecule has 10 nitrogen and oxygen atoms in total. The summed E-state index contributed by atoms with van der Waals surface area (Å²) in [6.07, 6.45) is 2.83. The minimum atomic E-state index is -0.997. The van der Waals surface area contributed by atoms with E-state index in [-0.39, 0.29) is 17.8 Å². The molecule has 0 atom stereocenters. The van der Waals surface area contributed by atoms with Crippen molar-refractivity contribution in [1.29, 1.82) is 0 Å². The first-order valence-electron chi connectivity index (χ1n) is 6.31. The molecule has 0 bridgehead atoms. The number of anilines is 2. The first-order chi connectivity index (χ1) is 9.73. The van der Waals surface area contributed by atoms with E-state index < -0.39 is 11.1 Å². The van der Waals surface area contributed by atoms with E-state index in [1.165, 1.54) is 17.3 Å². The molecule has 0 radical (unpaired) electrons. The van der Waals surface area contributed by atoms with Crippen LogP contribution in [0.3, 0.4) is 0 Å². The zero-order valence-corrected chi connectivity index (χ0v) is 12.4. The maximum Gasteiger partial charge on any atom is 0.258 e. The van der Waals surface area contributed by atoms with E-state index in [1.54, 1.807) is 13.8 Å². The van der Waals surface area contributed by atoms with Crippen LogP contribution in [-0.2, 0) is 0 Å². The van der Waals surface area contributed by atoms with Crippen LogP contribution in [0, 0.1) is 0 Å². The number of hydrazine groups is 1. The van der Waals surface area contributed by atoms with E-state index in [2.05, 4.69) is 35.8 Å². The Morgan fingerprint density at radius 2 is 1.81 bits per heavy atom. The van der Waals surface area contributed by atoms with Crippen molar-refractivity contribution in [1.82, 2.24) is 29.7 Å². The quantitative estimate of drug-likeness (QED) is 0.432. The summed E-state index contributed by atoms with van der Waals surface area (Å²) in [7, 11) is 0. The maximum absolute atomic E-state index is 10.2. The summed E-state index contributed by atoms with van der Waals surface area (Å²) in [5, 5.41) is 17.2. The van der Waals surface area contributed by atoms with Gasteiger partial charge in [-0.25, -0.2) is 10.8 Å². The Morgan fingerprint density at radius 1 is 1.14 bits per heavy atom. The molecule has 2 aromatic heterocycles. The Kier molecular flexibility index (Phi) is 3.75. The molecule has 2 rings (SSSR count). The molecule has 0 aliphatic rings. The van der Waals surface area contributed by atoms with E-state index in [0.29, 0.717) is 0 Å². The van der Waals surface area contributed by atoms with Gasteiger partial charge in [-0.3, -0.25) is 5.43 Å². The van der Waals surface area contributed by atoms with Crippen molar-refractivity contribution < 1.29 is 5.11 Å². The van der Waals surface area contributed by atoms with Crippen molar-refractivity contribution in [3.05, 3.63) is 12.7 Å². The van der Waals surface area contributed by atoms with Gasteiger partial charge < -0.3 is 10.4 Å². The molecule has 0 unspecified atom stereocenters. The average Bonchev–Trinajstić information content (AvgIpc) is 2.90. The van der Waals surface area contributed by atoms with Crippen molar-refractivity contribution in [3.8, 4) is 5.95 Å². The van der Waals surface area contributed by atoms with E-state index >= 15 is 0 Å². The van der Waals surface area contributed by atoms with Crippen LogP contribution in [0.2, 0.25) is 0 Å². The first kappa shape index (κ1) is 15.1. The van der Waals surface area contributed by atoms with Crippen LogP contribution in [0.5, 0.6) is 0 Å². The third-order valence-electron chi connectivity index (χ3n) is 3.33. The topological polar surface area (TPSA) is 140 Å². The van der Waals surface area contributed by atoms with Crippen molar-refractivity contribution in [3.63, 3.8) is 0 Å². The second-order valence-electron chi connectivity index (χ2n) is 5.58. The number of rotatable bonds is 5. The maximum atomic E-state index is 10.2. The fourth-order valence-electron chi connectivity index (χ4n) is 1.33. The summed E-state index contributed by atoms with van der Waals surface area (Å²) in [4.78, 5) is 16.3. The summed E-state index contributed by atoms with van der Waals surface area (Å²) in [6, 6.07) is 0. The molecule has 5 N–H and O–H groups in total. The van der Waals surface area contributed by atoms with Crippen molar-refractivity contribution >= 4 is 11.9 Å². The fraction of sp³-hybridized carbons (Fsp3) is 0.545. The minimum Gasteiger partial charge on any atom is -0.388 e. The highest BCUT2D eigenvalue weighted by Crippen LogP contribution is 2.24. The Labute approximate surface area is 121 Å². The molecule has 0 saturated heterocycles. The molecule has 2 aromatic rings. The number of nitrogens with zero attached hydrogens (tertiary/aromatic N) is 6. The molecular formula is C11H19N9O. The number of hydrogen-bond donors (Lipinski definition) is 4. The molecule has 0 spiro atoms. The highest BCUT2D eigenvalue weighted by molar-refractivity contribution is 5.39. The van der Waals surface area contributed by atoms with Crippen LogP contribution in [-0.4, -0.2) is 46.0 Å². The Morgan fingerprint density at radius 3 is 2.33 bits per heavy atom. The normalized spacial score (nSPS) is 12.3. The molecule has 0 aromatic carbocycles. The van der Waals surface area contributed by atoms with Gasteiger partial charge in [0.25, 0.3) is 5.95 Å². The van der Waals surface area contributed by atoms with Crippen LogP contribution >= 0.6 is 0 Å². The van der Waals surface area contributed by atoms with Crippen molar-refractivity contribution in [2.24, 2.45) is 5.84 Å². The minimum absolute atomic E-state index is 0.171. The number of nitrogen functional groups attached to an aromatic ring is 1.